The smallest absolute Gasteiger partial charge is 0.243 e. The summed E-state index contributed by atoms with van der Waals surface area (Å²) in [5.41, 5.74) is 2.22. The number of sulfonamides is 1. The lowest BCUT2D eigenvalue weighted by Gasteiger charge is -2.17. The van der Waals surface area contributed by atoms with Gasteiger partial charge in [0.15, 0.2) is 5.82 Å². The van der Waals surface area contributed by atoms with Gasteiger partial charge in [0.2, 0.25) is 15.9 Å². The van der Waals surface area contributed by atoms with Gasteiger partial charge in [0, 0.05) is 18.0 Å². The van der Waals surface area contributed by atoms with Gasteiger partial charge in [0.25, 0.3) is 0 Å². The molecule has 1 aliphatic carbocycles. The molecule has 2 aromatic rings. The summed E-state index contributed by atoms with van der Waals surface area (Å²) >= 11 is 0. The van der Waals surface area contributed by atoms with Gasteiger partial charge in [0.05, 0.1) is 17.1 Å². The summed E-state index contributed by atoms with van der Waals surface area (Å²) in [6.07, 6.45) is 3.98. The summed E-state index contributed by atoms with van der Waals surface area (Å²) in [5.74, 6) is 0.479. The molecule has 0 bridgehead atoms. The van der Waals surface area contributed by atoms with Crippen molar-refractivity contribution in [1.82, 2.24) is 14.5 Å². The molecule has 0 saturated heterocycles. The van der Waals surface area contributed by atoms with E-state index in [-0.39, 0.29) is 24.9 Å². The van der Waals surface area contributed by atoms with Crippen LogP contribution in [0, 0.1) is 12.8 Å². The first-order valence-corrected chi connectivity index (χ1v) is 10.3. The molecule has 138 valence electrons. The summed E-state index contributed by atoms with van der Waals surface area (Å²) in [6, 6.07) is 6.96. The van der Waals surface area contributed by atoms with Crippen molar-refractivity contribution in [3.05, 3.63) is 41.1 Å². The largest absolute Gasteiger partial charge is 0.309 e. The highest BCUT2D eigenvalue weighted by molar-refractivity contribution is 7.89. The number of rotatable bonds is 4. The van der Waals surface area contributed by atoms with E-state index >= 15 is 0 Å². The molecular formula is C18H22N4O3S. The third-order valence-electron chi connectivity index (χ3n) is 5.30. The quantitative estimate of drug-likeness (QED) is 0.860. The number of hydrogen-bond acceptors (Lipinski definition) is 4. The number of nitrogens with one attached hydrogen (secondary N) is 2. The second-order valence-electron chi connectivity index (χ2n) is 7.04. The van der Waals surface area contributed by atoms with E-state index in [1.807, 2.05) is 6.07 Å². The third-order valence-corrected chi connectivity index (χ3v) is 7.25. The van der Waals surface area contributed by atoms with E-state index in [2.05, 4.69) is 15.5 Å². The molecule has 0 spiro atoms. The zero-order valence-electron chi connectivity index (χ0n) is 14.7. The van der Waals surface area contributed by atoms with Crippen molar-refractivity contribution in [1.29, 1.82) is 0 Å². The highest BCUT2D eigenvalue weighted by Crippen LogP contribution is 2.33. The van der Waals surface area contributed by atoms with E-state index in [1.165, 1.54) is 4.31 Å². The number of aryl methyl sites for hydroxylation is 1. The van der Waals surface area contributed by atoms with Crippen LogP contribution in [0.3, 0.4) is 0 Å². The molecule has 0 unspecified atom stereocenters. The van der Waals surface area contributed by atoms with Gasteiger partial charge >= 0.3 is 0 Å². The van der Waals surface area contributed by atoms with Crippen molar-refractivity contribution in [3.63, 3.8) is 0 Å². The lowest BCUT2D eigenvalue weighted by atomic mass is 10.1. The number of aromatic nitrogens is 2. The normalized spacial score (nSPS) is 18.2. The van der Waals surface area contributed by atoms with E-state index in [0.29, 0.717) is 10.7 Å². The Morgan fingerprint density at radius 3 is 2.69 bits per heavy atom. The van der Waals surface area contributed by atoms with Crippen LogP contribution in [0.2, 0.25) is 0 Å². The Labute approximate surface area is 152 Å². The summed E-state index contributed by atoms with van der Waals surface area (Å²) in [5, 5.41) is 9.94. The Kier molecular flexibility index (Phi) is 4.32. The molecule has 1 amide bonds. The number of H-pyrrole nitrogens is 1. The minimum atomic E-state index is -3.59. The van der Waals surface area contributed by atoms with Crippen LogP contribution >= 0.6 is 0 Å². The number of carbonyl (C=O) groups is 1. The van der Waals surface area contributed by atoms with E-state index < -0.39 is 10.0 Å². The number of benzene rings is 1. The van der Waals surface area contributed by atoms with Gasteiger partial charge in [-0.1, -0.05) is 31.0 Å². The Bertz CT molecular complexity index is 945. The Hall–Kier alpha value is -2.19. The zero-order chi connectivity index (χ0) is 18.3. The number of fused-ring (bicyclic) bond motifs is 1. The van der Waals surface area contributed by atoms with Crippen LogP contribution in [0.15, 0.2) is 29.2 Å². The molecule has 2 heterocycles. The van der Waals surface area contributed by atoms with Crippen LogP contribution in [-0.2, 0) is 27.9 Å². The second kappa shape index (κ2) is 6.51. The number of carbonyl (C=O) groups excluding carboxylic acids is 1. The molecule has 8 heteroatoms. The van der Waals surface area contributed by atoms with Crippen LogP contribution in [0.25, 0.3) is 0 Å². The molecule has 1 fully saturated rings. The Morgan fingerprint density at radius 2 is 1.96 bits per heavy atom. The summed E-state index contributed by atoms with van der Waals surface area (Å²) in [7, 11) is -3.59. The van der Waals surface area contributed by atoms with Gasteiger partial charge in [-0.3, -0.25) is 9.89 Å². The molecule has 2 aliphatic rings. The van der Waals surface area contributed by atoms with E-state index in [1.54, 1.807) is 25.1 Å². The number of amides is 1. The first-order chi connectivity index (χ1) is 12.5. The van der Waals surface area contributed by atoms with Crippen molar-refractivity contribution < 1.29 is 13.2 Å². The fourth-order valence-electron chi connectivity index (χ4n) is 3.78. The van der Waals surface area contributed by atoms with Gasteiger partial charge in [-0.05, 0) is 31.4 Å². The molecule has 26 heavy (non-hydrogen) atoms. The van der Waals surface area contributed by atoms with Crippen molar-refractivity contribution in [3.8, 4) is 0 Å². The lowest BCUT2D eigenvalue weighted by molar-refractivity contribution is -0.119. The van der Waals surface area contributed by atoms with Gasteiger partial charge in [0.1, 0.15) is 0 Å². The highest BCUT2D eigenvalue weighted by Gasteiger charge is 2.35. The maximum absolute atomic E-state index is 13.0. The Morgan fingerprint density at radius 1 is 1.23 bits per heavy atom. The van der Waals surface area contributed by atoms with Gasteiger partial charge in [-0.25, -0.2) is 8.42 Å². The number of hydrogen-bond donors (Lipinski definition) is 2. The summed E-state index contributed by atoms with van der Waals surface area (Å²) in [6.45, 7) is 2.23. The zero-order valence-corrected chi connectivity index (χ0v) is 15.5. The summed E-state index contributed by atoms with van der Waals surface area (Å²) < 4.78 is 27.4. The van der Waals surface area contributed by atoms with Crippen LogP contribution < -0.4 is 5.32 Å². The molecule has 4 rings (SSSR count). The average Bonchev–Trinajstić information content (AvgIpc) is 3.33. The maximum atomic E-state index is 13.0. The molecule has 1 saturated carbocycles. The lowest BCUT2D eigenvalue weighted by Crippen LogP contribution is -2.27. The van der Waals surface area contributed by atoms with E-state index in [0.717, 1.165) is 42.5 Å². The van der Waals surface area contributed by atoms with E-state index in [9.17, 15) is 13.2 Å². The van der Waals surface area contributed by atoms with Crippen molar-refractivity contribution in [2.75, 3.05) is 5.32 Å². The fraction of sp³-hybridized carbons (Fsp3) is 0.444. The van der Waals surface area contributed by atoms with Crippen LogP contribution in [-0.4, -0.2) is 28.8 Å². The monoisotopic (exact) mass is 374 g/mol. The van der Waals surface area contributed by atoms with Gasteiger partial charge in [-0.2, -0.15) is 9.40 Å². The topological polar surface area (TPSA) is 95.2 Å². The van der Waals surface area contributed by atoms with Gasteiger partial charge in [-0.15, -0.1) is 0 Å². The van der Waals surface area contributed by atoms with Crippen molar-refractivity contribution >= 4 is 21.7 Å². The predicted octanol–water partition coefficient (Wildman–Crippen LogP) is 2.55. The molecule has 1 aliphatic heterocycles. The molecule has 7 nitrogen and oxygen atoms in total. The fourth-order valence-corrected chi connectivity index (χ4v) is 5.38. The molecule has 2 N–H and O–H groups in total. The minimum Gasteiger partial charge on any atom is -0.309 e. The number of anilines is 1. The van der Waals surface area contributed by atoms with Crippen molar-refractivity contribution in [2.45, 2.75) is 50.6 Å². The van der Waals surface area contributed by atoms with Crippen LogP contribution in [0.4, 0.5) is 5.82 Å². The second-order valence-corrected chi connectivity index (χ2v) is 8.94. The highest BCUT2D eigenvalue weighted by atomic mass is 32.2. The molecule has 1 aromatic carbocycles. The first-order valence-electron chi connectivity index (χ1n) is 8.89. The SMILES string of the molecule is Cc1ccccc1S(=O)(=O)N1Cc2[nH]nc(NC(=O)C3CCCC3)c2C1. The van der Waals surface area contributed by atoms with E-state index in [4.69, 9.17) is 0 Å². The Balaban J connectivity index is 1.54. The van der Waals surface area contributed by atoms with Crippen molar-refractivity contribution in [2.24, 2.45) is 5.92 Å². The predicted molar refractivity (Wildman–Crippen MR) is 96.8 cm³/mol. The molecule has 0 atom stereocenters. The molecule has 1 aromatic heterocycles. The average molecular weight is 374 g/mol. The maximum Gasteiger partial charge on any atom is 0.243 e. The summed E-state index contributed by atoms with van der Waals surface area (Å²) in [4.78, 5) is 12.7. The molecule has 0 radical (unpaired) electrons. The first kappa shape index (κ1) is 17.2. The van der Waals surface area contributed by atoms with Crippen LogP contribution in [0.5, 0.6) is 0 Å². The minimum absolute atomic E-state index is 0.0167. The molecular weight excluding hydrogens is 352 g/mol. The standard InChI is InChI=1S/C18H22N4O3S/c1-12-6-2-5-9-16(12)26(24,25)22-10-14-15(11-22)20-21-17(14)19-18(23)13-7-3-4-8-13/h2,5-6,9,13H,3-4,7-8,10-11H2,1H3,(H2,19,20,21,23). The van der Waals surface area contributed by atoms with Crippen LogP contribution in [0.1, 0.15) is 42.5 Å². The third kappa shape index (κ3) is 2.93. The number of nitrogens with zero attached hydrogens (tertiary/aromatic N) is 2. The number of aromatic amines is 1. The van der Waals surface area contributed by atoms with Gasteiger partial charge < -0.3 is 5.32 Å².